The van der Waals surface area contributed by atoms with E-state index in [9.17, 15) is 4.79 Å². The van der Waals surface area contributed by atoms with Gasteiger partial charge in [-0.25, -0.2) is 4.79 Å². The number of ether oxygens (including phenoxy) is 3. The highest BCUT2D eigenvalue weighted by molar-refractivity contribution is 6.16. The predicted molar refractivity (Wildman–Crippen MR) is 113 cm³/mol. The van der Waals surface area contributed by atoms with Crippen LogP contribution < -0.4 is 9.47 Å². The summed E-state index contributed by atoms with van der Waals surface area (Å²) in [7, 11) is 2.95. The molecule has 0 radical (unpaired) electrons. The molecule has 154 valence electrons. The van der Waals surface area contributed by atoms with Gasteiger partial charge >= 0.3 is 5.97 Å². The smallest absolute Gasteiger partial charge is 0.338 e. The number of esters is 1. The highest BCUT2D eigenvalue weighted by atomic mass is 16.6. The lowest BCUT2D eigenvalue weighted by atomic mass is 10.00. The van der Waals surface area contributed by atoms with Crippen LogP contribution in [-0.2, 0) is 21.0 Å². The highest BCUT2D eigenvalue weighted by Gasteiger charge is 2.15. The molecule has 2 aromatic carbocycles. The Bertz CT molecular complexity index is 873. The molecular formula is C23H27NO5. The first-order chi connectivity index (χ1) is 14.1. The number of oxime groups is 1. The molecule has 0 aliphatic carbocycles. The molecule has 2 aromatic rings. The summed E-state index contributed by atoms with van der Waals surface area (Å²) in [4.78, 5) is 17.2. The zero-order valence-corrected chi connectivity index (χ0v) is 17.3. The molecule has 0 bridgehead atoms. The van der Waals surface area contributed by atoms with Gasteiger partial charge in [0.25, 0.3) is 0 Å². The average Bonchev–Trinajstić information content (AvgIpc) is 2.76. The Labute approximate surface area is 171 Å². The molecule has 0 N–H and O–H groups in total. The molecule has 0 aromatic heterocycles. The van der Waals surface area contributed by atoms with E-state index in [1.807, 2.05) is 49.4 Å². The molecule has 0 atom stereocenters. The van der Waals surface area contributed by atoms with Gasteiger partial charge < -0.3 is 19.0 Å². The molecule has 0 aliphatic heterocycles. The number of methoxy groups -OCH3 is 2. The fourth-order valence-corrected chi connectivity index (χ4v) is 2.69. The second kappa shape index (κ2) is 11.5. The Morgan fingerprint density at radius 1 is 1.10 bits per heavy atom. The predicted octanol–water partition coefficient (Wildman–Crippen LogP) is 4.61. The molecule has 6 heteroatoms. The maximum Gasteiger partial charge on any atom is 0.338 e. The summed E-state index contributed by atoms with van der Waals surface area (Å²) in [6.07, 6.45) is 4.26. The van der Waals surface area contributed by atoms with Crippen molar-refractivity contribution in [2.75, 3.05) is 20.8 Å². The van der Waals surface area contributed by atoms with Gasteiger partial charge in [0.15, 0.2) is 11.5 Å². The van der Waals surface area contributed by atoms with E-state index in [1.54, 1.807) is 26.3 Å². The van der Waals surface area contributed by atoms with E-state index in [1.165, 1.54) is 7.11 Å². The third-order valence-electron chi connectivity index (χ3n) is 4.14. The third-order valence-corrected chi connectivity index (χ3v) is 4.14. The van der Waals surface area contributed by atoms with Crippen LogP contribution in [0.4, 0.5) is 0 Å². The zero-order chi connectivity index (χ0) is 21.1. The molecule has 0 amide bonds. The second-order valence-corrected chi connectivity index (χ2v) is 6.12. The Morgan fingerprint density at radius 2 is 1.90 bits per heavy atom. The van der Waals surface area contributed by atoms with Crippen molar-refractivity contribution in [3.8, 4) is 11.5 Å². The lowest BCUT2D eigenvalue weighted by Gasteiger charge is -2.14. The zero-order valence-electron chi connectivity index (χ0n) is 17.3. The first kappa shape index (κ1) is 22.0. The van der Waals surface area contributed by atoms with Gasteiger partial charge in [-0.05, 0) is 42.7 Å². The van der Waals surface area contributed by atoms with Crippen LogP contribution in [0.25, 0.3) is 5.57 Å². The quantitative estimate of drug-likeness (QED) is 0.193. The number of carbonyl (C=O) groups is 1. The van der Waals surface area contributed by atoms with E-state index < -0.39 is 0 Å². The summed E-state index contributed by atoms with van der Waals surface area (Å²) < 4.78 is 16.3. The van der Waals surface area contributed by atoms with Crippen LogP contribution in [0.1, 0.15) is 37.0 Å². The van der Waals surface area contributed by atoms with Crippen molar-refractivity contribution in [1.29, 1.82) is 0 Å². The van der Waals surface area contributed by atoms with E-state index >= 15 is 0 Å². The van der Waals surface area contributed by atoms with E-state index in [0.29, 0.717) is 23.7 Å². The summed E-state index contributed by atoms with van der Waals surface area (Å²) in [6.45, 7) is 4.65. The molecule has 2 rings (SSSR count). The number of carbonyl (C=O) groups excluding carboxylic acids is 1. The Morgan fingerprint density at radius 3 is 2.59 bits per heavy atom. The number of nitrogens with zero attached hydrogens (tertiary/aromatic N) is 1. The summed E-state index contributed by atoms with van der Waals surface area (Å²) in [5.74, 6) is 0.790. The van der Waals surface area contributed by atoms with Crippen LogP contribution in [0.5, 0.6) is 11.5 Å². The third kappa shape index (κ3) is 6.10. The molecule has 0 saturated carbocycles. The summed E-state index contributed by atoms with van der Waals surface area (Å²) >= 11 is 0. The summed E-state index contributed by atoms with van der Waals surface area (Å²) in [5.41, 5.74) is 2.95. The SMILES string of the molecule is CC=C(C(=O)OC)c1ccccc1COc1cc(C=NOCCC)ccc1OC. The van der Waals surface area contributed by atoms with Gasteiger partial charge in [-0.2, -0.15) is 0 Å². The molecule has 0 unspecified atom stereocenters. The topological polar surface area (TPSA) is 66.4 Å². The lowest BCUT2D eigenvalue weighted by Crippen LogP contribution is -2.08. The van der Waals surface area contributed by atoms with E-state index in [2.05, 4.69) is 5.16 Å². The van der Waals surface area contributed by atoms with Gasteiger partial charge in [-0.15, -0.1) is 0 Å². The number of hydrogen-bond donors (Lipinski definition) is 0. The van der Waals surface area contributed by atoms with Crippen LogP contribution in [0.15, 0.2) is 53.7 Å². The van der Waals surface area contributed by atoms with Gasteiger partial charge in [-0.3, -0.25) is 0 Å². The molecule has 29 heavy (non-hydrogen) atoms. The molecule has 0 saturated heterocycles. The van der Waals surface area contributed by atoms with E-state index in [-0.39, 0.29) is 12.6 Å². The van der Waals surface area contributed by atoms with Crippen molar-refractivity contribution in [2.45, 2.75) is 26.9 Å². The van der Waals surface area contributed by atoms with Gasteiger partial charge in [0, 0.05) is 5.56 Å². The van der Waals surface area contributed by atoms with E-state index in [0.717, 1.165) is 23.1 Å². The Balaban J connectivity index is 2.23. The normalized spacial score (nSPS) is 11.4. The minimum atomic E-state index is -0.386. The van der Waals surface area contributed by atoms with Crippen molar-refractivity contribution in [3.63, 3.8) is 0 Å². The molecule has 0 fully saturated rings. The van der Waals surface area contributed by atoms with Crippen molar-refractivity contribution in [1.82, 2.24) is 0 Å². The second-order valence-electron chi connectivity index (χ2n) is 6.12. The maximum absolute atomic E-state index is 12.1. The first-order valence-corrected chi connectivity index (χ1v) is 9.43. The van der Waals surface area contributed by atoms with Crippen LogP contribution in [0, 0.1) is 0 Å². The van der Waals surface area contributed by atoms with Crippen LogP contribution >= 0.6 is 0 Å². The largest absolute Gasteiger partial charge is 0.493 e. The Hall–Kier alpha value is -3.28. The summed E-state index contributed by atoms with van der Waals surface area (Å²) in [6, 6.07) is 13.1. The average molecular weight is 397 g/mol. The van der Waals surface area contributed by atoms with E-state index in [4.69, 9.17) is 19.0 Å². The van der Waals surface area contributed by atoms with Crippen molar-refractivity contribution >= 4 is 17.8 Å². The van der Waals surface area contributed by atoms with Crippen molar-refractivity contribution in [2.24, 2.45) is 5.16 Å². The van der Waals surface area contributed by atoms with Crippen molar-refractivity contribution in [3.05, 3.63) is 65.2 Å². The Kier molecular flexibility index (Phi) is 8.76. The fourth-order valence-electron chi connectivity index (χ4n) is 2.69. The monoisotopic (exact) mass is 397 g/mol. The minimum Gasteiger partial charge on any atom is -0.493 e. The van der Waals surface area contributed by atoms with Crippen LogP contribution in [0.2, 0.25) is 0 Å². The molecule has 6 nitrogen and oxygen atoms in total. The lowest BCUT2D eigenvalue weighted by molar-refractivity contribution is -0.133. The van der Waals surface area contributed by atoms with Gasteiger partial charge in [0.1, 0.15) is 13.2 Å². The van der Waals surface area contributed by atoms with Gasteiger partial charge in [-0.1, -0.05) is 42.4 Å². The molecule has 0 aliphatic rings. The number of hydrogen-bond acceptors (Lipinski definition) is 6. The van der Waals surface area contributed by atoms with Gasteiger partial charge in [0.2, 0.25) is 0 Å². The molecule has 0 heterocycles. The number of rotatable bonds is 10. The molecular weight excluding hydrogens is 370 g/mol. The van der Waals surface area contributed by atoms with Gasteiger partial charge in [0.05, 0.1) is 26.0 Å². The van der Waals surface area contributed by atoms with Crippen molar-refractivity contribution < 1.29 is 23.8 Å². The fraction of sp³-hybridized carbons (Fsp3) is 0.304. The minimum absolute atomic E-state index is 0.258. The highest BCUT2D eigenvalue weighted by Crippen LogP contribution is 2.29. The summed E-state index contributed by atoms with van der Waals surface area (Å²) in [5, 5.41) is 3.94. The van der Waals surface area contributed by atoms with Crippen LogP contribution in [-0.4, -0.2) is 33.0 Å². The first-order valence-electron chi connectivity index (χ1n) is 9.43. The van der Waals surface area contributed by atoms with Crippen LogP contribution in [0.3, 0.4) is 0 Å². The number of allylic oxidation sites excluding steroid dienone is 1. The standard InChI is InChI=1S/C23H27NO5/c1-5-13-29-24-15-17-11-12-21(26-3)22(14-17)28-16-18-9-7-8-10-20(18)19(6-2)23(25)27-4/h6-12,14-15H,5,13,16H2,1-4H3. The maximum atomic E-state index is 12.1. The molecule has 0 spiro atoms. The number of benzene rings is 2.